The molecule has 0 N–H and O–H groups in total. The van der Waals surface area contributed by atoms with E-state index in [1.807, 2.05) is 60.7 Å². The van der Waals surface area contributed by atoms with Crippen molar-refractivity contribution in [2.45, 2.75) is 0 Å². The van der Waals surface area contributed by atoms with Crippen molar-refractivity contribution in [3.63, 3.8) is 0 Å². The Kier molecular flexibility index (Phi) is 4.15. The fourth-order valence-corrected chi connectivity index (χ4v) is 3.02. The molecule has 0 aliphatic rings. The minimum absolute atomic E-state index is 0.309. The van der Waals surface area contributed by atoms with Gasteiger partial charge in [0.15, 0.2) is 11.6 Å². The van der Waals surface area contributed by atoms with Gasteiger partial charge in [0, 0.05) is 15.6 Å². The molecule has 1 heterocycles. The van der Waals surface area contributed by atoms with Gasteiger partial charge in [-0.2, -0.15) is 0 Å². The smallest absolute Gasteiger partial charge is 0.182 e. The topological polar surface area (TPSA) is 30.7 Å². The number of aromatic nitrogens is 3. The van der Waals surface area contributed by atoms with Crippen LogP contribution in [0.4, 0.5) is 4.39 Å². The molecule has 5 heteroatoms. The van der Waals surface area contributed by atoms with Crippen LogP contribution in [-0.2, 0) is 0 Å². The average Bonchev–Trinajstić information content (AvgIpc) is 3.08. The number of hydrogen-bond donors (Lipinski definition) is 0. The van der Waals surface area contributed by atoms with E-state index in [-0.39, 0.29) is 5.82 Å². The third kappa shape index (κ3) is 3.23. The van der Waals surface area contributed by atoms with Gasteiger partial charge in [0.1, 0.15) is 5.82 Å². The number of rotatable bonds is 3. The van der Waals surface area contributed by atoms with Crippen LogP contribution in [0.2, 0.25) is 0 Å². The Morgan fingerprint density at radius 3 is 2.32 bits per heavy atom. The highest BCUT2D eigenvalue weighted by Gasteiger charge is 2.15. The maximum Gasteiger partial charge on any atom is 0.182 e. The summed E-state index contributed by atoms with van der Waals surface area (Å²) in [5, 5.41) is 4.63. The second kappa shape index (κ2) is 6.61. The van der Waals surface area contributed by atoms with E-state index in [1.54, 1.807) is 10.7 Å². The lowest BCUT2D eigenvalue weighted by molar-refractivity contribution is 0.625. The van der Waals surface area contributed by atoms with E-state index >= 15 is 0 Å². The maximum absolute atomic E-state index is 13.7. The SMILES string of the molecule is Fc1cccc(-n2nc(-c3cccc(Br)c3)nc2-c2ccccc2)c1. The molecule has 0 unspecified atom stereocenters. The van der Waals surface area contributed by atoms with Crippen molar-refractivity contribution in [2.24, 2.45) is 0 Å². The molecule has 1 aromatic heterocycles. The van der Waals surface area contributed by atoms with Crippen LogP contribution < -0.4 is 0 Å². The van der Waals surface area contributed by atoms with Crippen molar-refractivity contribution < 1.29 is 4.39 Å². The Morgan fingerprint density at radius 1 is 0.800 bits per heavy atom. The highest BCUT2D eigenvalue weighted by atomic mass is 79.9. The quantitative estimate of drug-likeness (QED) is 0.459. The Hall–Kier alpha value is -2.79. The molecule has 0 bridgehead atoms. The van der Waals surface area contributed by atoms with E-state index in [0.29, 0.717) is 17.3 Å². The first-order valence-electron chi connectivity index (χ1n) is 7.75. The molecule has 4 rings (SSSR count). The van der Waals surface area contributed by atoms with Crippen molar-refractivity contribution in [1.82, 2.24) is 14.8 Å². The van der Waals surface area contributed by atoms with Crippen LogP contribution in [0, 0.1) is 5.82 Å². The molecule has 0 saturated carbocycles. The Balaban J connectivity index is 1.92. The first kappa shape index (κ1) is 15.7. The van der Waals surface area contributed by atoms with E-state index in [9.17, 15) is 4.39 Å². The van der Waals surface area contributed by atoms with E-state index in [2.05, 4.69) is 21.0 Å². The van der Waals surface area contributed by atoms with Gasteiger partial charge in [-0.1, -0.05) is 64.5 Å². The second-order valence-electron chi connectivity index (χ2n) is 5.53. The lowest BCUT2D eigenvalue weighted by Gasteiger charge is -2.05. The molecule has 0 saturated heterocycles. The predicted octanol–water partition coefficient (Wildman–Crippen LogP) is 5.50. The summed E-state index contributed by atoms with van der Waals surface area (Å²) in [6.07, 6.45) is 0. The summed E-state index contributed by atoms with van der Waals surface area (Å²) in [6.45, 7) is 0. The molecule has 0 atom stereocenters. The molecule has 0 aliphatic heterocycles. The zero-order valence-corrected chi connectivity index (χ0v) is 14.7. The van der Waals surface area contributed by atoms with Crippen molar-refractivity contribution in [1.29, 1.82) is 0 Å². The van der Waals surface area contributed by atoms with Crippen LogP contribution in [0.1, 0.15) is 0 Å². The van der Waals surface area contributed by atoms with Crippen LogP contribution >= 0.6 is 15.9 Å². The van der Waals surface area contributed by atoms with E-state index < -0.39 is 0 Å². The number of benzene rings is 3. The van der Waals surface area contributed by atoms with Gasteiger partial charge in [-0.3, -0.25) is 0 Å². The highest BCUT2D eigenvalue weighted by molar-refractivity contribution is 9.10. The van der Waals surface area contributed by atoms with Gasteiger partial charge < -0.3 is 0 Å². The number of nitrogens with zero attached hydrogens (tertiary/aromatic N) is 3. The fraction of sp³-hybridized carbons (Fsp3) is 0. The standard InChI is InChI=1S/C20H13BrFN3/c21-16-9-4-8-15(12-16)19-23-20(14-6-2-1-3-7-14)25(24-19)18-11-5-10-17(22)13-18/h1-13H. The zero-order valence-electron chi connectivity index (χ0n) is 13.1. The van der Waals surface area contributed by atoms with Crippen LogP contribution in [0.25, 0.3) is 28.5 Å². The predicted molar refractivity (Wildman–Crippen MR) is 99.9 cm³/mol. The minimum Gasteiger partial charge on any atom is -0.213 e. The van der Waals surface area contributed by atoms with Crippen molar-refractivity contribution in [3.05, 3.63) is 89.2 Å². The van der Waals surface area contributed by atoms with E-state index in [4.69, 9.17) is 4.98 Å². The molecule has 0 spiro atoms. The molecule has 0 fully saturated rings. The minimum atomic E-state index is -0.309. The Bertz CT molecular complexity index is 1030. The third-order valence-corrected chi connectivity index (χ3v) is 4.27. The maximum atomic E-state index is 13.7. The largest absolute Gasteiger partial charge is 0.213 e. The first-order valence-corrected chi connectivity index (χ1v) is 8.54. The van der Waals surface area contributed by atoms with Crippen LogP contribution in [0.3, 0.4) is 0 Å². The first-order chi connectivity index (χ1) is 12.2. The normalized spacial score (nSPS) is 10.8. The number of halogens is 2. The average molecular weight is 394 g/mol. The summed E-state index contributed by atoms with van der Waals surface area (Å²) in [4.78, 5) is 4.71. The van der Waals surface area contributed by atoms with Crippen molar-refractivity contribution in [3.8, 4) is 28.5 Å². The van der Waals surface area contributed by atoms with Crippen LogP contribution in [0.5, 0.6) is 0 Å². The number of hydrogen-bond acceptors (Lipinski definition) is 2. The van der Waals surface area contributed by atoms with E-state index in [0.717, 1.165) is 15.6 Å². The van der Waals surface area contributed by atoms with E-state index in [1.165, 1.54) is 12.1 Å². The summed E-state index contributed by atoms with van der Waals surface area (Å²) in [5.41, 5.74) is 2.44. The summed E-state index contributed by atoms with van der Waals surface area (Å²) >= 11 is 3.47. The molecule has 4 aromatic rings. The Labute approximate surface area is 152 Å². The van der Waals surface area contributed by atoms with Gasteiger partial charge in [-0.05, 0) is 30.3 Å². The summed E-state index contributed by atoms with van der Waals surface area (Å²) in [5.74, 6) is 0.946. The van der Waals surface area contributed by atoms with Gasteiger partial charge in [0.25, 0.3) is 0 Å². The third-order valence-electron chi connectivity index (χ3n) is 3.77. The zero-order chi connectivity index (χ0) is 17.2. The summed E-state index contributed by atoms with van der Waals surface area (Å²) < 4.78 is 16.3. The van der Waals surface area contributed by atoms with Crippen LogP contribution in [-0.4, -0.2) is 14.8 Å². The summed E-state index contributed by atoms with van der Waals surface area (Å²) in [6, 6.07) is 23.9. The fourth-order valence-electron chi connectivity index (χ4n) is 2.62. The van der Waals surface area contributed by atoms with Gasteiger partial charge in [0.05, 0.1) is 5.69 Å². The van der Waals surface area contributed by atoms with Gasteiger partial charge in [-0.15, -0.1) is 5.10 Å². The molecular formula is C20H13BrFN3. The lowest BCUT2D eigenvalue weighted by Crippen LogP contribution is -2.00. The molecule has 0 aliphatic carbocycles. The molecule has 0 radical (unpaired) electrons. The van der Waals surface area contributed by atoms with Crippen molar-refractivity contribution >= 4 is 15.9 Å². The lowest BCUT2D eigenvalue weighted by atomic mass is 10.2. The molecule has 3 aromatic carbocycles. The molecule has 122 valence electrons. The van der Waals surface area contributed by atoms with Gasteiger partial charge in [-0.25, -0.2) is 14.1 Å². The van der Waals surface area contributed by atoms with Gasteiger partial charge >= 0.3 is 0 Å². The Morgan fingerprint density at radius 2 is 1.56 bits per heavy atom. The molecule has 25 heavy (non-hydrogen) atoms. The second-order valence-corrected chi connectivity index (χ2v) is 6.44. The van der Waals surface area contributed by atoms with Crippen molar-refractivity contribution in [2.75, 3.05) is 0 Å². The molecular weight excluding hydrogens is 381 g/mol. The monoisotopic (exact) mass is 393 g/mol. The van der Waals surface area contributed by atoms with Gasteiger partial charge in [0.2, 0.25) is 0 Å². The summed E-state index contributed by atoms with van der Waals surface area (Å²) in [7, 11) is 0. The highest BCUT2D eigenvalue weighted by Crippen LogP contribution is 2.26. The molecule has 0 amide bonds. The van der Waals surface area contributed by atoms with Crippen LogP contribution in [0.15, 0.2) is 83.3 Å². The molecule has 3 nitrogen and oxygen atoms in total.